The third kappa shape index (κ3) is 3.53. The van der Waals surface area contributed by atoms with Crippen LogP contribution in [0.25, 0.3) is 10.4 Å². The van der Waals surface area contributed by atoms with Crippen molar-refractivity contribution in [2.24, 2.45) is 5.92 Å². The largest absolute Gasteiger partial charge is 0.478 e. The Morgan fingerprint density at radius 2 is 1.82 bits per heavy atom. The fourth-order valence-corrected chi connectivity index (χ4v) is 4.61. The molecule has 2 aromatic carbocycles. The molecule has 1 aromatic heterocycles. The Kier molecular flexibility index (Phi) is 4.91. The van der Waals surface area contributed by atoms with Crippen molar-refractivity contribution in [1.29, 1.82) is 0 Å². The number of amides is 1. The van der Waals surface area contributed by atoms with Crippen molar-refractivity contribution >= 4 is 40.5 Å². The number of carbonyl (C=O) groups is 2. The maximum absolute atomic E-state index is 13.4. The number of hydrogen-bond acceptors (Lipinski definition) is 3. The van der Waals surface area contributed by atoms with E-state index < -0.39 is 5.97 Å². The van der Waals surface area contributed by atoms with E-state index >= 15 is 0 Å². The number of halogens is 2. The van der Waals surface area contributed by atoms with Gasteiger partial charge in [0, 0.05) is 16.3 Å². The molecule has 4 nitrogen and oxygen atoms in total. The first-order valence-electron chi connectivity index (χ1n) is 8.61. The van der Waals surface area contributed by atoms with Crippen LogP contribution >= 0.6 is 22.9 Å². The summed E-state index contributed by atoms with van der Waals surface area (Å²) in [6.07, 6.45) is 0.952. The molecule has 1 amide bonds. The molecule has 0 saturated heterocycles. The van der Waals surface area contributed by atoms with Gasteiger partial charge in [0.05, 0.1) is 10.6 Å². The number of nitrogens with one attached hydrogen (secondary N) is 1. The molecule has 7 heteroatoms. The van der Waals surface area contributed by atoms with E-state index in [1.807, 2.05) is 0 Å². The summed E-state index contributed by atoms with van der Waals surface area (Å²) in [5.74, 6) is -2.05. The van der Waals surface area contributed by atoms with Crippen LogP contribution in [0.5, 0.6) is 0 Å². The number of rotatable bonds is 4. The third-order valence-corrected chi connectivity index (χ3v) is 6.12. The zero-order valence-corrected chi connectivity index (χ0v) is 16.1. The van der Waals surface area contributed by atoms with E-state index in [0.717, 1.165) is 16.7 Å². The van der Waals surface area contributed by atoms with Gasteiger partial charge in [0.25, 0.3) is 0 Å². The zero-order chi connectivity index (χ0) is 19.8. The van der Waals surface area contributed by atoms with Crippen molar-refractivity contribution < 1.29 is 19.1 Å². The molecule has 2 N–H and O–H groups in total. The quantitative estimate of drug-likeness (QED) is 0.610. The van der Waals surface area contributed by atoms with Gasteiger partial charge in [-0.25, -0.2) is 9.18 Å². The van der Waals surface area contributed by atoms with Crippen molar-refractivity contribution in [1.82, 2.24) is 0 Å². The Hall–Kier alpha value is -2.70. The highest BCUT2D eigenvalue weighted by molar-refractivity contribution is 7.14. The minimum absolute atomic E-state index is 0.0576. The summed E-state index contributed by atoms with van der Waals surface area (Å²) in [7, 11) is 0. The molecule has 0 radical (unpaired) electrons. The molecule has 1 heterocycles. The van der Waals surface area contributed by atoms with Crippen LogP contribution in [0.4, 0.5) is 10.1 Å². The van der Waals surface area contributed by atoms with E-state index in [-0.39, 0.29) is 28.9 Å². The first-order valence-corrected chi connectivity index (χ1v) is 9.87. The van der Waals surface area contributed by atoms with Crippen LogP contribution < -0.4 is 5.32 Å². The molecular weight excluding hydrogens is 401 g/mol. The van der Waals surface area contributed by atoms with Gasteiger partial charge in [-0.05, 0) is 53.8 Å². The Balaban J connectivity index is 1.58. The predicted octanol–water partition coefficient (Wildman–Crippen LogP) is 5.26. The number of carboxylic acid groups (broad SMARTS) is 1. The smallest absolute Gasteiger partial charge is 0.339 e. The molecule has 1 unspecified atom stereocenters. The van der Waals surface area contributed by atoms with E-state index in [0.29, 0.717) is 22.7 Å². The number of carbonyl (C=O) groups excluding carboxylic acids is 1. The molecule has 0 bridgehead atoms. The zero-order valence-electron chi connectivity index (χ0n) is 14.5. The van der Waals surface area contributed by atoms with Gasteiger partial charge >= 0.3 is 5.97 Å². The molecule has 3 aromatic rings. The molecule has 1 aliphatic carbocycles. The number of anilines is 1. The van der Waals surface area contributed by atoms with Gasteiger partial charge < -0.3 is 10.4 Å². The van der Waals surface area contributed by atoms with Crippen LogP contribution in [0.3, 0.4) is 0 Å². The van der Waals surface area contributed by atoms with Gasteiger partial charge in [-0.2, -0.15) is 0 Å². The van der Waals surface area contributed by atoms with Crippen molar-refractivity contribution in [3.63, 3.8) is 0 Å². The summed E-state index contributed by atoms with van der Waals surface area (Å²) < 4.78 is 13.4. The summed E-state index contributed by atoms with van der Waals surface area (Å²) >= 11 is 7.15. The van der Waals surface area contributed by atoms with Crippen molar-refractivity contribution in [2.45, 2.75) is 12.8 Å². The van der Waals surface area contributed by atoms with Crippen LogP contribution in [0.2, 0.25) is 5.02 Å². The van der Waals surface area contributed by atoms with E-state index in [4.69, 9.17) is 11.6 Å². The summed E-state index contributed by atoms with van der Waals surface area (Å²) in [6.45, 7) is 0. The van der Waals surface area contributed by atoms with Crippen molar-refractivity contribution in [2.75, 3.05) is 5.32 Å². The number of thiophene rings is 1. The third-order valence-electron chi connectivity index (χ3n) is 4.84. The van der Waals surface area contributed by atoms with Gasteiger partial charge in [-0.1, -0.05) is 29.8 Å². The monoisotopic (exact) mass is 415 g/mol. The molecule has 1 atom stereocenters. The van der Waals surface area contributed by atoms with E-state index in [9.17, 15) is 19.1 Å². The van der Waals surface area contributed by atoms with Crippen LogP contribution in [-0.2, 0) is 17.6 Å². The molecule has 0 spiro atoms. The van der Waals surface area contributed by atoms with Crippen molar-refractivity contribution in [3.05, 3.63) is 75.4 Å². The number of hydrogen-bond donors (Lipinski definition) is 2. The maximum Gasteiger partial charge on any atom is 0.339 e. The second kappa shape index (κ2) is 7.37. The fraction of sp³-hybridized carbons (Fsp3) is 0.143. The van der Waals surface area contributed by atoms with Gasteiger partial charge in [0.1, 0.15) is 11.4 Å². The summed E-state index contributed by atoms with van der Waals surface area (Å²) in [5, 5.41) is 14.6. The Morgan fingerprint density at radius 1 is 1.11 bits per heavy atom. The second-order valence-electron chi connectivity index (χ2n) is 6.67. The topological polar surface area (TPSA) is 66.4 Å². The summed E-state index contributed by atoms with van der Waals surface area (Å²) in [5.41, 5.74) is 2.82. The number of aromatic carboxylic acids is 1. The molecule has 4 rings (SSSR count). The molecule has 1 aliphatic rings. The summed E-state index contributed by atoms with van der Waals surface area (Å²) in [6, 6.07) is 11.4. The van der Waals surface area contributed by atoms with Crippen LogP contribution in [0.15, 0.2) is 47.8 Å². The molecule has 28 heavy (non-hydrogen) atoms. The number of fused-ring (bicyclic) bond motifs is 1. The van der Waals surface area contributed by atoms with Crippen molar-refractivity contribution in [3.8, 4) is 10.4 Å². The van der Waals surface area contributed by atoms with Crippen LogP contribution in [0.1, 0.15) is 21.5 Å². The summed E-state index contributed by atoms with van der Waals surface area (Å²) in [4.78, 5) is 25.1. The SMILES string of the molecule is O=C(O)c1c(NC(=O)C2Cc3ccc(F)cc3C2)csc1-c1ccc(Cl)cc1. The number of carboxylic acids is 1. The van der Waals surface area contributed by atoms with E-state index in [1.54, 1.807) is 35.7 Å². The normalized spacial score (nSPS) is 15.3. The maximum atomic E-state index is 13.4. The van der Waals surface area contributed by atoms with Gasteiger partial charge in [0.2, 0.25) is 5.91 Å². The lowest BCUT2D eigenvalue weighted by molar-refractivity contribution is -0.119. The lowest BCUT2D eigenvalue weighted by atomic mass is 10.0. The average molecular weight is 416 g/mol. The van der Waals surface area contributed by atoms with Gasteiger partial charge in [-0.3, -0.25) is 4.79 Å². The lowest BCUT2D eigenvalue weighted by Crippen LogP contribution is -2.23. The Bertz CT molecular complexity index is 1080. The Labute approximate surface area is 169 Å². The Morgan fingerprint density at radius 3 is 2.54 bits per heavy atom. The minimum Gasteiger partial charge on any atom is -0.478 e. The highest BCUT2D eigenvalue weighted by atomic mass is 35.5. The fourth-order valence-electron chi connectivity index (χ4n) is 3.48. The minimum atomic E-state index is -1.11. The van der Waals surface area contributed by atoms with Crippen LogP contribution in [0, 0.1) is 11.7 Å². The average Bonchev–Trinajstić information content (AvgIpc) is 3.26. The van der Waals surface area contributed by atoms with E-state index in [2.05, 4.69) is 5.32 Å². The molecular formula is C21H15ClFNO3S. The van der Waals surface area contributed by atoms with Gasteiger partial charge in [-0.15, -0.1) is 11.3 Å². The molecule has 0 saturated carbocycles. The molecule has 0 aliphatic heterocycles. The lowest BCUT2D eigenvalue weighted by Gasteiger charge is -2.10. The van der Waals surface area contributed by atoms with E-state index in [1.165, 1.54) is 23.5 Å². The van der Waals surface area contributed by atoms with Crippen LogP contribution in [-0.4, -0.2) is 17.0 Å². The van der Waals surface area contributed by atoms with Gasteiger partial charge in [0.15, 0.2) is 0 Å². The second-order valence-corrected chi connectivity index (χ2v) is 7.99. The highest BCUT2D eigenvalue weighted by Gasteiger charge is 2.29. The predicted molar refractivity (Wildman–Crippen MR) is 108 cm³/mol. The number of benzene rings is 2. The molecule has 142 valence electrons. The molecule has 0 fully saturated rings. The standard InChI is InChI=1S/C21H15ClFNO3S/c22-15-4-1-11(2-5-15)19-18(21(26)27)17(10-28-19)24-20(25)14-7-12-3-6-16(23)9-13(12)8-14/h1-6,9-10,14H,7-8H2,(H,24,25)(H,26,27). The first kappa shape index (κ1) is 18.7. The highest BCUT2D eigenvalue weighted by Crippen LogP contribution is 2.37. The first-order chi connectivity index (χ1) is 13.4.